The fourth-order valence-corrected chi connectivity index (χ4v) is 3.48. The Kier molecular flexibility index (Phi) is 6.26. The molecule has 0 aliphatic rings. The van der Waals surface area contributed by atoms with Crippen LogP contribution in [0.25, 0.3) is 0 Å². The SMILES string of the molecule is Clc1ccc([C@@H](Cn2ccnc2)OCc2c(Cl)cccc2Cl)c(Cl)c1.[H+]. The van der Waals surface area contributed by atoms with Gasteiger partial charge in [-0.1, -0.05) is 58.5 Å². The summed E-state index contributed by atoms with van der Waals surface area (Å²) in [5, 5.41) is 2.25. The maximum atomic E-state index is 6.37. The van der Waals surface area contributed by atoms with Crippen molar-refractivity contribution in [3.63, 3.8) is 0 Å². The van der Waals surface area contributed by atoms with E-state index in [0.29, 0.717) is 26.6 Å². The van der Waals surface area contributed by atoms with Gasteiger partial charge in [-0.05, 0) is 24.3 Å². The van der Waals surface area contributed by atoms with Gasteiger partial charge in [-0.25, -0.2) is 4.98 Å². The maximum absolute atomic E-state index is 6.37. The average molecular weight is 417 g/mol. The summed E-state index contributed by atoms with van der Waals surface area (Å²) in [5.74, 6) is 0. The number of hydrogen-bond donors (Lipinski definition) is 0. The number of nitrogens with zero attached hydrogens (tertiary/aromatic N) is 2. The minimum absolute atomic E-state index is 0. The van der Waals surface area contributed by atoms with Crippen molar-refractivity contribution in [1.29, 1.82) is 0 Å². The third-order valence-electron chi connectivity index (χ3n) is 3.74. The molecule has 0 fully saturated rings. The molecule has 0 spiro atoms. The lowest BCUT2D eigenvalue weighted by Gasteiger charge is -2.21. The Morgan fingerprint density at radius 2 is 1.80 bits per heavy atom. The molecule has 130 valence electrons. The smallest absolute Gasteiger partial charge is 0.367 e. The summed E-state index contributed by atoms with van der Waals surface area (Å²) in [6, 6.07) is 10.7. The lowest BCUT2D eigenvalue weighted by molar-refractivity contribution is 0.0281. The first-order valence-electron chi connectivity index (χ1n) is 7.50. The molecule has 0 bridgehead atoms. The molecule has 0 saturated carbocycles. The summed E-state index contributed by atoms with van der Waals surface area (Å²) in [6.45, 7) is 0.806. The molecule has 3 nitrogen and oxygen atoms in total. The highest BCUT2D eigenvalue weighted by molar-refractivity contribution is 6.36. The van der Waals surface area contributed by atoms with E-state index in [9.17, 15) is 0 Å². The number of imidazole rings is 1. The predicted molar refractivity (Wildman–Crippen MR) is 104 cm³/mol. The minimum Gasteiger partial charge on any atom is -0.367 e. The normalized spacial score (nSPS) is 12.3. The predicted octanol–water partition coefficient (Wildman–Crippen LogP) is 6.57. The Labute approximate surface area is 167 Å². The van der Waals surface area contributed by atoms with Crippen LogP contribution in [0.4, 0.5) is 0 Å². The lowest BCUT2D eigenvalue weighted by atomic mass is 10.1. The second-order valence-electron chi connectivity index (χ2n) is 5.43. The molecule has 0 amide bonds. The van der Waals surface area contributed by atoms with E-state index >= 15 is 0 Å². The summed E-state index contributed by atoms with van der Waals surface area (Å²) >= 11 is 24.8. The highest BCUT2D eigenvalue weighted by atomic mass is 35.5. The van der Waals surface area contributed by atoms with E-state index in [1.54, 1.807) is 42.9 Å². The van der Waals surface area contributed by atoms with Gasteiger partial charge in [-0.15, -0.1) is 0 Å². The van der Waals surface area contributed by atoms with Crippen molar-refractivity contribution < 1.29 is 6.16 Å². The van der Waals surface area contributed by atoms with Crippen LogP contribution < -0.4 is 0 Å². The molecule has 2 aromatic carbocycles. The Morgan fingerprint density at radius 1 is 1.04 bits per heavy atom. The summed E-state index contributed by atoms with van der Waals surface area (Å²) in [5.41, 5.74) is 1.58. The van der Waals surface area contributed by atoms with Gasteiger partial charge in [0.15, 0.2) is 0 Å². The van der Waals surface area contributed by atoms with Crippen LogP contribution in [0.15, 0.2) is 55.1 Å². The quantitative estimate of drug-likeness (QED) is 0.454. The Morgan fingerprint density at radius 3 is 2.44 bits per heavy atom. The van der Waals surface area contributed by atoms with Gasteiger partial charge in [0.2, 0.25) is 0 Å². The Bertz CT molecular complexity index is 838. The van der Waals surface area contributed by atoms with Gasteiger partial charge in [0.05, 0.1) is 19.5 Å². The molecule has 3 aromatic rings. The fourth-order valence-electron chi connectivity index (χ4n) is 2.44. The number of ether oxygens (including phenoxy) is 1. The van der Waals surface area contributed by atoms with Crippen molar-refractivity contribution in [1.82, 2.24) is 9.55 Å². The second-order valence-corrected chi connectivity index (χ2v) is 7.08. The van der Waals surface area contributed by atoms with E-state index in [2.05, 4.69) is 4.98 Å². The van der Waals surface area contributed by atoms with Crippen LogP contribution >= 0.6 is 46.4 Å². The Balaban J connectivity index is 0.00000243. The van der Waals surface area contributed by atoms with Crippen LogP contribution in [0.3, 0.4) is 0 Å². The molecule has 1 heterocycles. The number of aromatic nitrogens is 2. The zero-order chi connectivity index (χ0) is 17.8. The zero-order valence-electron chi connectivity index (χ0n) is 14.0. The average Bonchev–Trinajstić information content (AvgIpc) is 3.06. The molecular formula is C18H15Cl4N2O+. The van der Waals surface area contributed by atoms with Crippen LogP contribution in [-0.2, 0) is 17.9 Å². The topological polar surface area (TPSA) is 27.1 Å². The number of rotatable bonds is 6. The molecule has 25 heavy (non-hydrogen) atoms. The monoisotopic (exact) mass is 415 g/mol. The summed E-state index contributed by atoms with van der Waals surface area (Å²) in [6.07, 6.45) is 4.99. The molecule has 0 radical (unpaired) electrons. The second kappa shape index (κ2) is 8.43. The van der Waals surface area contributed by atoms with Crippen LogP contribution in [0.2, 0.25) is 20.1 Å². The Hall–Kier alpha value is -1.23. The molecule has 0 unspecified atom stereocenters. The van der Waals surface area contributed by atoms with Crippen molar-refractivity contribution in [2.75, 3.05) is 0 Å². The lowest BCUT2D eigenvalue weighted by Crippen LogP contribution is -2.13. The first kappa shape index (κ1) is 18.6. The highest BCUT2D eigenvalue weighted by Crippen LogP contribution is 2.32. The number of hydrogen-bond acceptors (Lipinski definition) is 2. The third-order valence-corrected chi connectivity index (χ3v) is 5.01. The van der Waals surface area contributed by atoms with Crippen molar-refractivity contribution in [3.05, 3.63) is 86.3 Å². The van der Waals surface area contributed by atoms with Crippen LogP contribution in [0, 0.1) is 0 Å². The van der Waals surface area contributed by atoms with Crippen LogP contribution in [0.1, 0.15) is 18.7 Å². The van der Waals surface area contributed by atoms with E-state index < -0.39 is 0 Å². The highest BCUT2D eigenvalue weighted by Gasteiger charge is 2.18. The van der Waals surface area contributed by atoms with E-state index in [-0.39, 0.29) is 14.1 Å². The molecule has 1 atom stereocenters. The molecule has 0 aliphatic carbocycles. The third kappa shape index (κ3) is 4.69. The first-order chi connectivity index (χ1) is 12.0. The molecule has 0 aliphatic heterocycles. The number of halogens is 4. The zero-order valence-corrected chi connectivity index (χ0v) is 16.0. The summed E-state index contributed by atoms with van der Waals surface area (Å²) < 4.78 is 8.05. The molecule has 1 aromatic heterocycles. The maximum Gasteiger partial charge on any atom is 1.00 e. The number of benzene rings is 2. The molecular weight excluding hydrogens is 402 g/mol. The van der Waals surface area contributed by atoms with Crippen molar-refractivity contribution in [2.45, 2.75) is 19.3 Å². The van der Waals surface area contributed by atoms with E-state index in [4.69, 9.17) is 51.1 Å². The van der Waals surface area contributed by atoms with Crippen molar-refractivity contribution >= 4 is 46.4 Å². The fraction of sp³-hybridized carbons (Fsp3) is 0.167. The van der Waals surface area contributed by atoms with Gasteiger partial charge >= 0.3 is 1.43 Å². The van der Waals surface area contributed by atoms with Gasteiger partial charge in [-0.3, -0.25) is 0 Å². The van der Waals surface area contributed by atoms with Crippen molar-refractivity contribution in [2.24, 2.45) is 0 Å². The molecule has 0 saturated heterocycles. The minimum atomic E-state index is -0.314. The van der Waals surface area contributed by atoms with Gasteiger partial charge < -0.3 is 9.30 Å². The molecule has 7 heteroatoms. The summed E-state index contributed by atoms with van der Waals surface area (Å²) in [7, 11) is 0. The standard InChI is InChI=1S/C18H14Cl4N2O/c19-12-4-5-13(17(22)8-12)18(9-24-7-6-23-11-24)25-10-14-15(20)2-1-3-16(14)21/h1-8,11,18H,9-10H2/p+1/t18-/m1/s1. The first-order valence-corrected chi connectivity index (χ1v) is 9.01. The van der Waals surface area contributed by atoms with Crippen LogP contribution in [0.5, 0.6) is 0 Å². The van der Waals surface area contributed by atoms with Gasteiger partial charge in [0, 0.05) is 43.6 Å². The van der Waals surface area contributed by atoms with Crippen LogP contribution in [-0.4, -0.2) is 9.55 Å². The van der Waals surface area contributed by atoms with E-state index in [0.717, 1.165) is 11.1 Å². The van der Waals surface area contributed by atoms with E-state index in [1.165, 1.54) is 0 Å². The van der Waals surface area contributed by atoms with Gasteiger partial charge in [-0.2, -0.15) is 0 Å². The summed E-state index contributed by atoms with van der Waals surface area (Å²) in [4.78, 5) is 4.06. The molecule has 0 N–H and O–H groups in total. The van der Waals surface area contributed by atoms with Crippen molar-refractivity contribution in [3.8, 4) is 0 Å². The van der Waals surface area contributed by atoms with E-state index in [1.807, 2.05) is 16.8 Å². The van der Waals surface area contributed by atoms with Gasteiger partial charge in [0.1, 0.15) is 6.10 Å². The van der Waals surface area contributed by atoms with Gasteiger partial charge in [0.25, 0.3) is 0 Å². The molecule has 3 rings (SSSR count). The largest absolute Gasteiger partial charge is 1.00 e.